The number of nitrogens with zero attached hydrogens (tertiary/aromatic N) is 2. The lowest BCUT2D eigenvalue weighted by atomic mass is 10.1. The SMILES string of the molecule is O=[N+]([O-])c1ccc(NC2CCOC2C2CC2)c([N+](=O)[O-])c1. The van der Waals surface area contributed by atoms with E-state index >= 15 is 0 Å². The Labute approximate surface area is 120 Å². The maximum Gasteiger partial charge on any atom is 0.299 e. The van der Waals surface area contributed by atoms with Gasteiger partial charge in [0.25, 0.3) is 11.4 Å². The van der Waals surface area contributed by atoms with Crippen LogP contribution in [0.4, 0.5) is 17.1 Å². The van der Waals surface area contributed by atoms with E-state index in [1.165, 1.54) is 12.1 Å². The molecule has 1 aliphatic carbocycles. The summed E-state index contributed by atoms with van der Waals surface area (Å²) in [6.07, 6.45) is 3.13. The van der Waals surface area contributed by atoms with E-state index < -0.39 is 9.85 Å². The second kappa shape index (κ2) is 5.28. The van der Waals surface area contributed by atoms with Crippen LogP contribution in [0.1, 0.15) is 19.3 Å². The van der Waals surface area contributed by atoms with Gasteiger partial charge >= 0.3 is 0 Å². The van der Waals surface area contributed by atoms with Gasteiger partial charge in [-0.05, 0) is 31.2 Å². The number of non-ortho nitro benzene ring substituents is 1. The zero-order valence-corrected chi connectivity index (χ0v) is 11.2. The maximum atomic E-state index is 11.1. The molecule has 3 rings (SSSR count). The van der Waals surface area contributed by atoms with E-state index in [4.69, 9.17) is 4.74 Å². The van der Waals surface area contributed by atoms with Crippen molar-refractivity contribution in [2.45, 2.75) is 31.4 Å². The first-order valence-corrected chi connectivity index (χ1v) is 6.87. The fraction of sp³-hybridized carbons (Fsp3) is 0.538. The predicted molar refractivity (Wildman–Crippen MR) is 74.2 cm³/mol. The average Bonchev–Trinajstić information content (AvgIpc) is 3.19. The highest BCUT2D eigenvalue weighted by molar-refractivity contribution is 5.65. The van der Waals surface area contributed by atoms with Crippen LogP contribution >= 0.6 is 0 Å². The topological polar surface area (TPSA) is 108 Å². The lowest BCUT2D eigenvalue weighted by molar-refractivity contribution is -0.393. The van der Waals surface area contributed by atoms with Crippen molar-refractivity contribution in [3.05, 3.63) is 38.4 Å². The first-order valence-electron chi connectivity index (χ1n) is 6.87. The second-order valence-electron chi connectivity index (χ2n) is 5.43. The van der Waals surface area contributed by atoms with E-state index in [9.17, 15) is 20.2 Å². The number of nitro benzene ring substituents is 2. The molecule has 0 bridgehead atoms. The third-order valence-electron chi connectivity index (χ3n) is 3.95. The molecule has 0 spiro atoms. The molecule has 1 aromatic carbocycles. The highest BCUT2D eigenvalue weighted by Crippen LogP contribution is 2.40. The van der Waals surface area contributed by atoms with Crippen LogP contribution in [0.2, 0.25) is 0 Å². The molecular formula is C13H15N3O5. The van der Waals surface area contributed by atoms with Crippen LogP contribution in [0, 0.1) is 26.1 Å². The second-order valence-corrected chi connectivity index (χ2v) is 5.43. The van der Waals surface area contributed by atoms with Gasteiger partial charge in [-0.1, -0.05) is 0 Å². The summed E-state index contributed by atoms with van der Waals surface area (Å²) < 4.78 is 5.68. The van der Waals surface area contributed by atoms with Gasteiger partial charge in [0.15, 0.2) is 0 Å². The highest BCUT2D eigenvalue weighted by atomic mass is 16.6. The number of nitro groups is 2. The summed E-state index contributed by atoms with van der Waals surface area (Å²) in [5, 5.41) is 25.0. The Morgan fingerprint density at radius 2 is 1.90 bits per heavy atom. The Balaban J connectivity index is 1.83. The smallest absolute Gasteiger partial charge is 0.299 e. The normalized spacial score (nSPS) is 24.8. The molecule has 1 aliphatic heterocycles. The molecule has 1 N–H and O–H groups in total. The molecule has 0 aromatic heterocycles. The van der Waals surface area contributed by atoms with Crippen molar-refractivity contribution in [3.8, 4) is 0 Å². The molecule has 1 saturated carbocycles. The van der Waals surface area contributed by atoms with Gasteiger partial charge in [0.05, 0.1) is 28.1 Å². The minimum Gasteiger partial charge on any atom is -0.376 e. The van der Waals surface area contributed by atoms with Crippen LogP contribution < -0.4 is 5.32 Å². The van der Waals surface area contributed by atoms with Crippen molar-refractivity contribution in [1.82, 2.24) is 0 Å². The minimum atomic E-state index is -0.636. The summed E-state index contributed by atoms with van der Waals surface area (Å²) in [4.78, 5) is 20.6. The lowest BCUT2D eigenvalue weighted by Gasteiger charge is -2.20. The number of hydrogen-bond acceptors (Lipinski definition) is 6. The molecule has 0 amide bonds. The predicted octanol–water partition coefficient (Wildman–Crippen LogP) is 2.48. The van der Waals surface area contributed by atoms with Crippen LogP contribution in [0.25, 0.3) is 0 Å². The van der Waals surface area contributed by atoms with Crippen molar-refractivity contribution in [3.63, 3.8) is 0 Å². The summed E-state index contributed by atoms with van der Waals surface area (Å²) in [5.74, 6) is 0.530. The Morgan fingerprint density at radius 1 is 1.14 bits per heavy atom. The van der Waals surface area contributed by atoms with E-state index in [0.29, 0.717) is 18.2 Å². The van der Waals surface area contributed by atoms with Gasteiger partial charge in [0, 0.05) is 12.7 Å². The number of ether oxygens (including phenoxy) is 1. The van der Waals surface area contributed by atoms with Gasteiger partial charge in [0.1, 0.15) is 5.69 Å². The minimum absolute atomic E-state index is 0.0256. The highest BCUT2D eigenvalue weighted by Gasteiger charge is 2.41. The third kappa shape index (κ3) is 2.80. The van der Waals surface area contributed by atoms with Crippen molar-refractivity contribution < 1.29 is 14.6 Å². The van der Waals surface area contributed by atoms with Gasteiger partial charge in [-0.2, -0.15) is 0 Å². The van der Waals surface area contributed by atoms with Crippen molar-refractivity contribution in [2.75, 3.05) is 11.9 Å². The molecule has 2 unspecified atom stereocenters. The standard InChI is InChI=1S/C13H15N3O5/c17-15(18)9-3-4-10(12(7-9)16(19)20)14-11-5-6-21-13(11)8-1-2-8/h3-4,7-8,11,13-14H,1-2,5-6H2. The van der Waals surface area contributed by atoms with E-state index in [2.05, 4.69) is 5.32 Å². The number of benzene rings is 1. The van der Waals surface area contributed by atoms with Crippen molar-refractivity contribution >= 4 is 17.1 Å². The molecule has 8 heteroatoms. The largest absolute Gasteiger partial charge is 0.376 e. The molecule has 1 heterocycles. The summed E-state index contributed by atoms with van der Waals surface area (Å²) >= 11 is 0. The van der Waals surface area contributed by atoms with Crippen LogP contribution in [0.3, 0.4) is 0 Å². The van der Waals surface area contributed by atoms with Gasteiger partial charge in [-0.25, -0.2) is 0 Å². The van der Waals surface area contributed by atoms with Crippen molar-refractivity contribution in [1.29, 1.82) is 0 Å². The molecule has 0 radical (unpaired) electrons. The molecule has 112 valence electrons. The maximum absolute atomic E-state index is 11.1. The molecule has 21 heavy (non-hydrogen) atoms. The molecular weight excluding hydrogens is 278 g/mol. The summed E-state index contributed by atoms with van der Waals surface area (Å²) in [6.45, 7) is 0.639. The molecule has 8 nitrogen and oxygen atoms in total. The van der Waals surface area contributed by atoms with Gasteiger partial charge in [0.2, 0.25) is 0 Å². The molecule has 1 aromatic rings. The van der Waals surface area contributed by atoms with E-state index in [1.807, 2.05) is 0 Å². The monoisotopic (exact) mass is 293 g/mol. The number of hydrogen-bond donors (Lipinski definition) is 1. The Morgan fingerprint density at radius 3 is 2.52 bits per heavy atom. The zero-order chi connectivity index (χ0) is 15.0. The van der Waals surface area contributed by atoms with Crippen molar-refractivity contribution in [2.24, 2.45) is 5.92 Å². The van der Waals surface area contributed by atoms with Crippen LogP contribution in [0.5, 0.6) is 0 Å². The molecule has 2 fully saturated rings. The number of rotatable bonds is 5. The average molecular weight is 293 g/mol. The zero-order valence-electron chi connectivity index (χ0n) is 11.2. The first-order chi connectivity index (χ1) is 10.1. The Bertz CT molecular complexity index is 587. The van der Waals surface area contributed by atoms with E-state index in [1.54, 1.807) is 0 Å². The van der Waals surface area contributed by atoms with Crippen LogP contribution in [0.15, 0.2) is 18.2 Å². The van der Waals surface area contributed by atoms with Gasteiger partial charge in [-0.3, -0.25) is 20.2 Å². The number of nitrogens with one attached hydrogen (secondary N) is 1. The van der Waals surface area contributed by atoms with Gasteiger partial charge < -0.3 is 10.1 Å². The van der Waals surface area contributed by atoms with E-state index in [0.717, 1.165) is 25.3 Å². The fourth-order valence-corrected chi connectivity index (χ4v) is 2.76. The number of anilines is 1. The Kier molecular flexibility index (Phi) is 3.46. The Hall–Kier alpha value is -2.22. The first kappa shape index (κ1) is 13.7. The van der Waals surface area contributed by atoms with Crippen LogP contribution in [-0.2, 0) is 4.74 Å². The van der Waals surface area contributed by atoms with Gasteiger partial charge in [-0.15, -0.1) is 0 Å². The fourth-order valence-electron chi connectivity index (χ4n) is 2.76. The third-order valence-corrected chi connectivity index (χ3v) is 3.95. The van der Waals surface area contributed by atoms with E-state index in [-0.39, 0.29) is 23.5 Å². The molecule has 2 aliphatic rings. The summed E-state index contributed by atoms with van der Waals surface area (Å²) in [6, 6.07) is 3.69. The van der Waals surface area contributed by atoms with Crippen LogP contribution in [-0.4, -0.2) is 28.6 Å². The quantitative estimate of drug-likeness (QED) is 0.660. The summed E-state index contributed by atoms with van der Waals surface area (Å²) in [5.41, 5.74) is -0.244. The molecule has 2 atom stereocenters. The summed E-state index contributed by atoms with van der Waals surface area (Å²) in [7, 11) is 0. The molecule has 1 saturated heterocycles. The lowest BCUT2D eigenvalue weighted by Crippen LogP contribution is -2.31.